The first-order valence-corrected chi connectivity index (χ1v) is 9.84. The van der Waals surface area contributed by atoms with Crippen LogP contribution in [0, 0.1) is 0 Å². The molecule has 0 aliphatic rings. The van der Waals surface area contributed by atoms with Crippen LogP contribution in [0.25, 0.3) is 0 Å². The van der Waals surface area contributed by atoms with E-state index in [4.69, 9.17) is 10.5 Å². The van der Waals surface area contributed by atoms with Crippen LogP contribution < -0.4 is 26.6 Å². The molecule has 3 rings (SSSR count). The number of carbonyl (C=O) groups excluding carboxylic acids is 1. The lowest BCUT2D eigenvalue weighted by Gasteiger charge is -2.25. The number of benzene rings is 2. The predicted molar refractivity (Wildman–Crippen MR) is 118 cm³/mol. The van der Waals surface area contributed by atoms with E-state index in [0.717, 1.165) is 15.5 Å². The molecule has 0 saturated heterocycles. The molecule has 3 N–H and O–H groups in total. The minimum Gasteiger partial charge on any atom is -0.435 e. The van der Waals surface area contributed by atoms with E-state index in [1.807, 2.05) is 0 Å². The average Bonchev–Trinajstić information content (AvgIpc) is 2.78. The molecule has 3 aromatic rings. The quantitative estimate of drug-likeness (QED) is 0.505. The maximum atomic E-state index is 13.5. The van der Waals surface area contributed by atoms with Crippen molar-refractivity contribution in [3.63, 3.8) is 0 Å². The number of aromatic nitrogens is 2. The van der Waals surface area contributed by atoms with Gasteiger partial charge in [0.25, 0.3) is 11.5 Å². The Bertz CT molecular complexity index is 1230. The molecule has 0 bridgehead atoms. The number of anilines is 2. The lowest BCUT2D eigenvalue weighted by Crippen LogP contribution is -2.41. The second-order valence-corrected chi connectivity index (χ2v) is 6.92. The number of amides is 1. The van der Waals surface area contributed by atoms with Crippen LogP contribution >= 0.6 is 0 Å². The van der Waals surface area contributed by atoms with E-state index in [2.05, 4.69) is 9.72 Å². The van der Waals surface area contributed by atoms with Gasteiger partial charge in [0.05, 0.1) is 19.7 Å². The summed E-state index contributed by atoms with van der Waals surface area (Å²) in [6, 6.07) is 13.9. The van der Waals surface area contributed by atoms with E-state index < -0.39 is 23.8 Å². The van der Waals surface area contributed by atoms with Gasteiger partial charge in [-0.3, -0.25) is 24.0 Å². The van der Waals surface area contributed by atoms with Crippen LogP contribution in [0.4, 0.5) is 20.3 Å². The maximum Gasteiger partial charge on any atom is 0.387 e. The van der Waals surface area contributed by atoms with E-state index in [-0.39, 0.29) is 42.5 Å². The van der Waals surface area contributed by atoms with Crippen molar-refractivity contribution in [2.24, 2.45) is 0 Å². The number of nitrogen functional groups attached to an aromatic ring is 1. The summed E-state index contributed by atoms with van der Waals surface area (Å²) in [5, 5.41) is 0. The maximum absolute atomic E-state index is 13.5. The third kappa shape index (κ3) is 5.63. The molecule has 9 nitrogen and oxygen atoms in total. The zero-order chi connectivity index (χ0) is 24.0. The van der Waals surface area contributed by atoms with Crippen LogP contribution in [0.3, 0.4) is 0 Å². The predicted octanol–water partition coefficient (Wildman–Crippen LogP) is 2.21. The number of nitrogens with one attached hydrogen (secondary N) is 1. The Hall–Kier alpha value is -3.99. The molecule has 0 saturated carbocycles. The molecule has 1 amide bonds. The molecule has 1 heterocycles. The number of rotatable bonds is 9. The van der Waals surface area contributed by atoms with Crippen molar-refractivity contribution in [2.45, 2.75) is 19.7 Å². The molecule has 2 aromatic carbocycles. The van der Waals surface area contributed by atoms with Gasteiger partial charge < -0.3 is 15.2 Å². The Labute approximate surface area is 187 Å². The second kappa shape index (κ2) is 10.6. The van der Waals surface area contributed by atoms with Crippen molar-refractivity contribution in [2.75, 3.05) is 24.4 Å². The van der Waals surface area contributed by atoms with E-state index in [9.17, 15) is 23.2 Å². The van der Waals surface area contributed by atoms with Gasteiger partial charge in [-0.1, -0.05) is 36.4 Å². The van der Waals surface area contributed by atoms with Crippen molar-refractivity contribution in [1.82, 2.24) is 9.55 Å². The lowest BCUT2D eigenvalue weighted by molar-refractivity contribution is -0.0498. The highest BCUT2D eigenvalue weighted by atomic mass is 19.3. The summed E-state index contributed by atoms with van der Waals surface area (Å²) in [7, 11) is 1.44. The zero-order valence-corrected chi connectivity index (χ0v) is 17.7. The molecule has 0 radical (unpaired) electrons. The largest absolute Gasteiger partial charge is 0.435 e. The second-order valence-electron chi connectivity index (χ2n) is 6.92. The van der Waals surface area contributed by atoms with Crippen LogP contribution in [0.1, 0.15) is 15.9 Å². The molecular formula is C22H22F2N4O5. The van der Waals surface area contributed by atoms with Gasteiger partial charge in [0.15, 0.2) is 5.69 Å². The Kier molecular flexibility index (Phi) is 7.57. The third-order valence-corrected chi connectivity index (χ3v) is 4.74. The molecule has 0 atom stereocenters. The fraction of sp³-hybridized carbons (Fsp3) is 0.227. The highest BCUT2D eigenvalue weighted by Crippen LogP contribution is 2.24. The normalized spacial score (nSPS) is 10.9. The molecule has 0 unspecified atom stereocenters. The van der Waals surface area contributed by atoms with Gasteiger partial charge in [-0.25, -0.2) is 4.79 Å². The van der Waals surface area contributed by atoms with Gasteiger partial charge in [-0.2, -0.15) is 8.78 Å². The van der Waals surface area contributed by atoms with E-state index in [1.54, 1.807) is 30.3 Å². The fourth-order valence-electron chi connectivity index (χ4n) is 3.22. The van der Waals surface area contributed by atoms with E-state index in [1.165, 1.54) is 25.3 Å². The first-order chi connectivity index (χ1) is 15.8. The number of nitrogens with zero attached hydrogens (tertiary/aromatic N) is 2. The number of halogens is 2. The lowest BCUT2D eigenvalue weighted by atomic mass is 10.1. The molecule has 0 aliphatic heterocycles. The van der Waals surface area contributed by atoms with E-state index in [0.29, 0.717) is 5.56 Å². The fourth-order valence-corrected chi connectivity index (χ4v) is 3.22. The molecular weight excluding hydrogens is 438 g/mol. The number of ether oxygens (including phenoxy) is 2. The Morgan fingerprint density at radius 2 is 1.88 bits per heavy atom. The summed E-state index contributed by atoms with van der Waals surface area (Å²) in [6.07, 6.45) is 0. The Balaban J connectivity index is 2.13. The summed E-state index contributed by atoms with van der Waals surface area (Å²) in [4.78, 5) is 41.8. The number of hydrogen-bond acceptors (Lipinski definition) is 6. The van der Waals surface area contributed by atoms with Crippen LogP contribution in [-0.4, -0.2) is 35.8 Å². The number of aromatic amines is 1. The van der Waals surface area contributed by atoms with Gasteiger partial charge in [0.2, 0.25) is 0 Å². The SMILES string of the molecule is COCCn1c(N)c(N(Cc2ccccc2)C(=O)c2cccc(OC(F)F)c2)c(=O)[nH]c1=O. The molecule has 1 aromatic heterocycles. The number of H-pyrrole nitrogens is 1. The monoisotopic (exact) mass is 460 g/mol. The average molecular weight is 460 g/mol. The Morgan fingerprint density at radius 3 is 2.55 bits per heavy atom. The number of alkyl halides is 2. The topological polar surface area (TPSA) is 120 Å². The van der Waals surface area contributed by atoms with Crippen molar-refractivity contribution < 1.29 is 23.0 Å². The molecule has 0 fully saturated rings. The van der Waals surface area contributed by atoms with E-state index >= 15 is 0 Å². The summed E-state index contributed by atoms with van der Waals surface area (Å²) >= 11 is 0. The number of methoxy groups -OCH3 is 1. The minimum atomic E-state index is -3.07. The summed E-state index contributed by atoms with van der Waals surface area (Å²) in [5.74, 6) is -1.15. The Morgan fingerprint density at radius 1 is 1.15 bits per heavy atom. The van der Waals surface area contributed by atoms with Crippen LogP contribution in [-0.2, 0) is 17.8 Å². The first-order valence-electron chi connectivity index (χ1n) is 9.84. The van der Waals surface area contributed by atoms with Crippen molar-refractivity contribution in [3.05, 3.63) is 86.6 Å². The molecule has 0 aliphatic carbocycles. The highest BCUT2D eigenvalue weighted by molar-refractivity contribution is 6.07. The van der Waals surface area contributed by atoms with Gasteiger partial charge in [0.1, 0.15) is 11.6 Å². The number of hydrogen-bond donors (Lipinski definition) is 2. The highest BCUT2D eigenvalue weighted by Gasteiger charge is 2.26. The van der Waals surface area contributed by atoms with Gasteiger partial charge in [-0.05, 0) is 23.8 Å². The summed E-state index contributed by atoms with van der Waals surface area (Å²) in [5.41, 5.74) is 4.94. The van der Waals surface area contributed by atoms with Crippen LogP contribution in [0.5, 0.6) is 5.75 Å². The van der Waals surface area contributed by atoms with Crippen molar-refractivity contribution in [3.8, 4) is 5.75 Å². The number of carbonyl (C=O) groups is 1. The van der Waals surface area contributed by atoms with Crippen LogP contribution in [0.15, 0.2) is 64.2 Å². The number of nitrogens with two attached hydrogens (primary N) is 1. The zero-order valence-electron chi connectivity index (χ0n) is 17.7. The standard InChI is InChI=1S/C22H22F2N4O5/c1-32-11-10-27-18(25)17(19(29)26-22(27)31)28(13-14-6-3-2-4-7-14)20(30)15-8-5-9-16(12-15)33-21(23)24/h2-9,12,21H,10-11,13,25H2,1H3,(H,26,29,31). The molecule has 11 heteroatoms. The van der Waals surface area contributed by atoms with Gasteiger partial charge in [0, 0.05) is 12.7 Å². The molecule has 174 valence electrons. The summed E-state index contributed by atoms with van der Waals surface area (Å²) < 4.78 is 35.7. The molecule has 33 heavy (non-hydrogen) atoms. The van der Waals surface area contributed by atoms with Crippen molar-refractivity contribution >= 4 is 17.4 Å². The first kappa shape index (κ1) is 23.7. The molecule has 0 spiro atoms. The minimum absolute atomic E-state index is 0.0162. The third-order valence-electron chi connectivity index (χ3n) is 4.74. The summed E-state index contributed by atoms with van der Waals surface area (Å²) in [6.45, 7) is -2.97. The van der Waals surface area contributed by atoms with Gasteiger partial charge >= 0.3 is 12.3 Å². The smallest absolute Gasteiger partial charge is 0.387 e. The van der Waals surface area contributed by atoms with Gasteiger partial charge in [-0.15, -0.1) is 0 Å². The van der Waals surface area contributed by atoms with Crippen molar-refractivity contribution in [1.29, 1.82) is 0 Å². The van der Waals surface area contributed by atoms with Crippen LogP contribution in [0.2, 0.25) is 0 Å².